The van der Waals surface area contributed by atoms with E-state index in [0.717, 1.165) is 62.5 Å². The molecular formula is C35H47N5O6. The third-order valence-corrected chi connectivity index (χ3v) is 9.57. The smallest absolute Gasteiger partial charge is 0.275 e. The first-order valence-electron chi connectivity index (χ1n) is 16.5. The number of aliphatic hydroxyl groups is 1. The Morgan fingerprint density at radius 3 is 2.70 bits per heavy atom. The summed E-state index contributed by atoms with van der Waals surface area (Å²) in [6.07, 6.45) is 5.74. The van der Waals surface area contributed by atoms with Crippen LogP contribution in [0.3, 0.4) is 0 Å². The molecule has 0 bridgehead atoms. The Hall–Kier alpha value is -3.64. The number of rotatable bonds is 11. The van der Waals surface area contributed by atoms with Gasteiger partial charge in [0, 0.05) is 69.6 Å². The van der Waals surface area contributed by atoms with E-state index in [2.05, 4.69) is 16.3 Å². The van der Waals surface area contributed by atoms with Crippen LogP contribution in [-0.2, 0) is 9.47 Å². The van der Waals surface area contributed by atoms with Gasteiger partial charge in [-0.3, -0.25) is 4.79 Å². The van der Waals surface area contributed by atoms with Crippen molar-refractivity contribution in [1.82, 2.24) is 19.8 Å². The van der Waals surface area contributed by atoms with Crippen molar-refractivity contribution >= 4 is 11.6 Å². The number of amides is 1. The molecule has 3 fully saturated rings. The van der Waals surface area contributed by atoms with Crippen molar-refractivity contribution in [1.29, 1.82) is 0 Å². The Labute approximate surface area is 271 Å². The SMILES string of the molecule is COC[C@]1(O)CCCC[C@H]1n1cnc(C(=O)N2CCNC[C@H]2CCOc2ccc(N3CCOCC3)cc2OC)c1-c1ccccc1. The molecule has 6 rings (SSSR count). The van der Waals surface area contributed by atoms with Crippen LogP contribution in [-0.4, -0.2) is 110 Å². The Morgan fingerprint density at radius 1 is 1.09 bits per heavy atom. The Morgan fingerprint density at radius 2 is 1.91 bits per heavy atom. The summed E-state index contributed by atoms with van der Waals surface area (Å²) in [4.78, 5) is 23.3. The largest absolute Gasteiger partial charge is 0.493 e. The summed E-state index contributed by atoms with van der Waals surface area (Å²) in [5.74, 6) is 1.26. The number of benzene rings is 2. The monoisotopic (exact) mass is 633 g/mol. The number of carbonyl (C=O) groups excluding carboxylic acids is 1. The number of hydrogen-bond acceptors (Lipinski definition) is 9. The van der Waals surface area contributed by atoms with Crippen LogP contribution in [0.25, 0.3) is 11.3 Å². The number of nitrogens with zero attached hydrogens (tertiary/aromatic N) is 4. The van der Waals surface area contributed by atoms with Crippen LogP contribution in [0.15, 0.2) is 54.9 Å². The maximum absolute atomic E-state index is 14.4. The van der Waals surface area contributed by atoms with E-state index in [0.29, 0.717) is 56.3 Å². The predicted octanol–water partition coefficient (Wildman–Crippen LogP) is 3.77. The second-order valence-corrected chi connectivity index (χ2v) is 12.4. The molecule has 3 heterocycles. The van der Waals surface area contributed by atoms with Gasteiger partial charge < -0.3 is 43.7 Å². The van der Waals surface area contributed by atoms with Gasteiger partial charge in [-0.15, -0.1) is 0 Å². The lowest BCUT2D eigenvalue weighted by atomic mass is 9.80. The number of imidazole rings is 1. The van der Waals surface area contributed by atoms with E-state index < -0.39 is 5.60 Å². The van der Waals surface area contributed by atoms with E-state index >= 15 is 0 Å². The highest BCUT2D eigenvalue weighted by Crippen LogP contribution is 2.41. The fraction of sp³-hybridized carbons (Fsp3) is 0.543. The average Bonchev–Trinajstić information content (AvgIpc) is 3.54. The second-order valence-electron chi connectivity index (χ2n) is 12.4. The fourth-order valence-electron chi connectivity index (χ4n) is 7.18. The number of morpholine rings is 1. The molecule has 2 saturated heterocycles. The van der Waals surface area contributed by atoms with Crippen LogP contribution in [0.2, 0.25) is 0 Å². The third-order valence-electron chi connectivity index (χ3n) is 9.57. The number of aromatic nitrogens is 2. The molecule has 1 aliphatic carbocycles. The van der Waals surface area contributed by atoms with Crippen LogP contribution in [0.4, 0.5) is 5.69 Å². The topological polar surface area (TPSA) is 111 Å². The first-order chi connectivity index (χ1) is 22.5. The fourth-order valence-corrected chi connectivity index (χ4v) is 7.18. The average molecular weight is 634 g/mol. The molecule has 2 aromatic carbocycles. The molecular weight excluding hydrogens is 586 g/mol. The summed E-state index contributed by atoms with van der Waals surface area (Å²) in [6, 6.07) is 15.6. The normalized spacial score (nSPS) is 23.7. The second kappa shape index (κ2) is 14.8. The molecule has 0 spiro atoms. The molecule has 3 atom stereocenters. The van der Waals surface area contributed by atoms with Crippen molar-refractivity contribution in [2.24, 2.45) is 0 Å². The maximum atomic E-state index is 14.4. The number of methoxy groups -OCH3 is 2. The molecule has 0 unspecified atom stereocenters. The van der Waals surface area contributed by atoms with E-state index in [4.69, 9.17) is 23.9 Å². The van der Waals surface area contributed by atoms with Gasteiger partial charge in [-0.25, -0.2) is 4.98 Å². The molecule has 3 aliphatic rings. The van der Waals surface area contributed by atoms with Gasteiger partial charge in [0.05, 0.1) is 51.6 Å². The highest BCUT2D eigenvalue weighted by Gasteiger charge is 2.42. The maximum Gasteiger partial charge on any atom is 0.275 e. The van der Waals surface area contributed by atoms with Crippen molar-refractivity contribution in [3.63, 3.8) is 0 Å². The van der Waals surface area contributed by atoms with Gasteiger partial charge in [-0.05, 0) is 25.0 Å². The van der Waals surface area contributed by atoms with Crippen LogP contribution in [0.5, 0.6) is 11.5 Å². The van der Waals surface area contributed by atoms with E-state index in [1.807, 2.05) is 51.9 Å². The van der Waals surface area contributed by atoms with Gasteiger partial charge in [0.2, 0.25) is 0 Å². The molecule has 0 radical (unpaired) electrons. The summed E-state index contributed by atoms with van der Waals surface area (Å²) in [5.41, 5.74) is 2.10. The van der Waals surface area contributed by atoms with E-state index in [1.54, 1.807) is 20.5 Å². The number of hydrogen-bond donors (Lipinski definition) is 2. The van der Waals surface area contributed by atoms with Crippen LogP contribution >= 0.6 is 0 Å². The van der Waals surface area contributed by atoms with Gasteiger partial charge >= 0.3 is 0 Å². The van der Waals surface area contributed by atoms with E-state index in [9.17, 15) is 9.90 Å². The van der Waals surface area contributed by atoms with Crippen molar-refractivity contribution < 1.29 is 28.8 Å². The van der Waals surface area contributed by atoms with Gasteiger partial charge in [-0.2, -0.15) is 0 Å². The van der Waals surface area contributed by atoms with Gasteiger partial charge in [0.25, 0.3) is 5.91 Å². The summed E-state index contributed by atoms with van der Waals surface area (Å²) >= 11 is 0. The molecule has 1 saturated carbocycles. The zero-order valence-corrected chi connectivity index (χ0v) is 27.0. The minimum absolute atomic E-state index is 0.0752. The van der Waals surface area contributed by atoms with Crippen LogP contribution < -0.4 is 19.7 Å². The van der Waals surface area contributed by atoms with E-state index in [-0.39, 0.29) is 24.6 Å². The minimum atomic E-state index is -1.03. The molecule has 11 nitrogen and oxygen atoms in total. The van der Waals surface area contributed by atoms with Gasteiger partial charge in [0.15, 0.2) is 17.2 Å². The predicted molar refractivity (Wildman–Crippen MR) is 176 cm³/mol. The lowest BCUT2D eigenvalue weighted by Crippen LogP contribution is -2.54. The lowest BCUT2D eigenvalue weighted by molar-refractivity contribution is -0.0893. The zero-order chi connectivity index (χ0) is 31.9. The first-order valence-corrected chi connectivity index (χ1v) is 16.5. The van der Waals surface area contributed by atoms with Gasteiger partial charge in [-0.1, -0.05) is 43.2 Å². The van der Waals surface area contributed by atoms with Crippen molar-refractivity contribution in [2.75, 3.05) is 78.3 Å². The summed E-state index contributed by atoms with van der Waals surface area (Å²) < 4.78 is 24.9. The highest BCUT2D eigenvalue weighted by molar-refractivity contribution is 5.98. The van der Waals surface area contributed by atoms with Crippen molar-refractivity contribution in [3.05, 3.63) is 60.6 Å². The molecule has 46 heavy (non-hydrogen) atoms. The molecule has 11 heteroatoms. The summed E-state index contributed by atoms with van der Waals surface area (Å²) in [6.45, 7) is 5.73. The Kier molecular flexibility index (Phi) is 10.4. The number of piperazine rings is 1. The lowest BCUT2D eigenvalue weighted by Gasteiger charge is -2.41. The first kappa shape index (κ1) is 32.3. The molecule has 248 valence electrons. The molecule has 1 aromatic heterocycles. The minimum Gasteiger partial charge on any atom is -0.493 e. The standard InChI is InChI=1S/C35H47N5O6/c1-43-24-35(42)14-7-6-10-31(35)40-25-37-32(33(40)26-8-4-3-5-9-26)34(41)39-16-15-36-23-28(39)13-19-46-29-12-11-27(22-30(29)44-2)38-17-20-45-21-18-38/h3-5,8-9,11-12,22,25,28,31,36,42H,6-7,10,13-21,23-24H2,1-2H3/t28-,31-,35-/m1/s1. The molecule has 2 aliphatic heterocycles. The summed E-state index contributed by atoms with van der Waals surface area (Å²) in [5, 5.41) is 15.1. The molecule has 2 N–H and O–H groups in total. The number of ether oxygens (including phenoxy) is 4. The molecule has 1 amide bonds. The molecule has 3 aromatic rings. The van der Waals surface area contributed by atoms with Gasteiger partial charge in [0.1, 0.15) is 5.60 Å². The Balaban J connectivity index is 1.20. The van der Waals surface area contributed by atoms with Crippen molar-refractivity contribution in [3.8, 4) is 22.8 Å². The number of nitrogens with one attached hydrogen (secondary N) is 1. The van der Waals surface area contributed by atoms with E-state index in [1.165, 1.54) is 0 Å². The third kappa shape index (κ3) is 6.88. The highest BCUT2D eigenvalue weighted by atomic mass is 16.5. The van der Waals surface area contributed by atoms with Crippen LogP contribution in [0, 0.1) is 0 Å². The summed E-state index contributed by atoms with van der Waals surface area (Å²) in [7, 11) is 3.28. The number of anilines is 1. The zero-order valence-electron chi connectivity index (χ0n) is 27.0. The quantitative estimate of drug-likeness (QED) is 0.326. The number of carbonyl (C=O) groups is 1. The Bertz CT molecular complexity index is 1440. The van der Waals surface area contributed by atoms with Crippen molar-refractivity contribution in [2.45, 2.75) is 49.8 Å². The van der Waals surface area contributed by atoms with Crippen LogP contribution in [0.1, 0.15) is 48.6 Å².